The van der Waals surface area contributed by atoms with Gasteiger partial charge in [-0.1, -0.05) is 12.1 Å². The maximum atomic E-state index is 10.6. The van der Waals surface area contributed by atoms with Crippen LogP contribution in [0.15, 0.2) is 42.7 Å². The van der Waals surface area contributed by atoms with E-state index in [1.165, 1.54) is 0 Å². The Morgan fingerprint density at radius 1 is 0.891 bits per heavy atom. The summed E-state index contributed by atoms with van der Waals surface area (Å²) in [5.74, 6) is -6.41. The lowest BCUT2D eigenvalue weighted by Crippen LogP contribution is -2.37. The number of carboxylic acid groups (broad SMARTS) is 3. The second-order valence-electron chi connectivity index (χ2n) is 9.28. The molecule has 0 aromatic carbocycles. The van der Waals surface area contributed by atoms with Crippen LogP contribution in [-0.4, -0.2) is 107 Å². The molecule has 0 unspecified atom stereocenters. The number of fused-ring (bicyclic) bond motifs is 1. The Morgan fingerprint density at radius 3 is 1.87 bits per heavy atom. The van der Waals surface area contributed by atoms with Crippen molar-refractivity contribution in [1.29, 1.82) is 0 Å². The Hall–Kier alpha value is -4.40. The molecule has 0 saturated carbocycles. The average molecular weight is 683 g/mol. The maximum Gasteiger partial charge on any atom is 0.490 e. The topological polar surface area (TPSA) is 169 Å². The zero-order valence-corrected chi connectivity index (χ0v) is 23.4. The molecule has 0 amide bonds. The third kappa shape index (κ3) is 13.3. The molecular weight excluding hydrogens is 657 g/mol. The number of methoxy groups -OCH3 is 1. The molecule has 3 N–H and O–H groups in total. The highest BCUT2D eigenvalue weighted by Crippen LogP contribution is 2.42. The number of aromatic nitrogens is 2. The lowest BCUT2D eigenvalue weighted by molar-refractivity contribution is -0.193. The van der Waals surface area contributed by atoms with Crippen molar-refractivity contribution in [2.45, 2.75) is 25.1 Å². The molecule has 0 radical (unpaired) electrons. The van der Waals surface area contributed by atoms with Crippen molar-refractivity contribution in [2.75, 3.05) is 40.0 Å². The van der Waals surface area contributed by atoms with E-state index in [9.17, 15) is 39.5 Å². The van der Waals surface area contributed by atoms with Gasteiger partial charge < -0.3 is 29.5 Å². The molecule has 2 saturated heterocycles. The van der Waals surface area contributed by atoms with Gasteiger partial charge in [-0.25, -0.2) is 24.4 Å². The molecule has 0 aliphatic carbocycles. The largest absolute Gasteiger partial charge is 0.490 e. The molecule has 2 aromatic rings. The van der Waals surface area contributed by atoms with Gasteiger partial charge in [0.05, 0.1) is 26.9 Å². The first-order valence-electron chi connectivity index (χ1n) is 12.3. The van der Waals surface area contributed by atoms with Gasteiger partial charge in [-0.2, -0.15) is 39.5 Å². The number of alkyl halides is 9. The molecule has 2 atom stereocenters. The first-order chi connectivity index (χ1) is 21.1. The van der Waals surface area contributed by atoms with E-state index < -0.39 is 36.4 Å². The van der Waals surface area contributed by atoms with Gasteiger partial charge in [0.15, 0.2) is 0 Å². The molecule has 21 heteroatoms. The molecule has 2 aliphatic rings. The van der Waals surface area contributed by atoms with Crippen molar-refractivity contribution < 1.29 is 83.4 Å². The van der Waals surface area contributed by atoms with E-state index in [0.29, 0.717) is 24.3 Å². The molecule has 4 heterocycles. The number of halogens is 9. The summed E-state index contributed by atoms with van der Waals surface area (Å²) < 4.78 is 112. The van der Waals surface area contributed by atoms with Crippen LogP contribution in [0.3, 0.4) is 0 Å². The number of aliphatic carboxylic acids is 3. The molecule has 0 bridgehead atoms. The molecule has 2 fully saturated rings. The molecule has 12 nitrogen and oxygen atoms in total. The van der Waals surface area contributed by atoms with Crippen LogP contribution in [0, 0.1) is 11.3 Å². The van der Waals surface area contributed by atoms with Gasteiger partial charge in [0, 0.05) is 55.0 Å². The minimum atomic E-state index is -5.08. The number of nitrogens with zero attached hydrogens (tertiary/aromatic N) is 3. The standard InChI is InChI=1S/C19H23N3O3.3C2HF3O2/c1-23-18-15(5-4-8-21-18)9-22-10-16-11-24-13-19(16,12-22)14-25-17-6-2-3-7-20-17;3*3-2(4,5)1(6)7/h2-8,16H,9-14H2,1H3;3*(H,6,7)/t16-,19+;;;/m1.../s1. The van der Waals surface area contributed by atoms with Crippen molar-refractivity contribution in [3.63, 3.8) is 0 Å². The van der Waals surface area contributed by atoms with Crippen molar-refractivity contribution in [1.82, 2.24) is 14.9 Å². The van der Waals surface area contributed by atoms with Gasteiger partial charge in [0.1, 0.15) is 0 Å². The van der Waals surface area contributed by atoms with Gasteiger partial charge in [-0.3, -0.25) is 4.90 Å². The van der Waals surface area contributed by atoms with Crippen LogP contribution in [0.2, 0.25) is 0 Å². The minimum absolute atomic E-state index is 0.0347. The highest BCUT2D eigenvalue weighted by atomic mass is 19.4. The number of likely N-dealkylation sites (tertiary alicyclic amines) is 1. The van der Waals surface area contributed by atoms with E-state index in [-0.39, 0.29) is 5.41 Å². The highest BCUT2D eigenvalue weighted by molar-refractivity contribution is 5.73. The van der Waals surface area contributed by atoms with Crippen LogP contribution in [0.25, 0.3) is 0 Å². The molecule has 2 aliphatic heterocycles. The van der Waals surface area contributed by atoms with E-state index >= 15 is 0 Å². The van der Waals surface area contributed by atoms with E-state index in [2.05, 4.69) is 20.9 Å². The van der Waals surface area contributed by atoms with Crippen LogP contribution >= 0.6 is 0 Å². The number of hydrogen-bond donors (Lipinski definition) is 3. The van der Waals surface area contributed by atoms with E-state index in [0.717, 1.165) is 38.4 Å². The van der Waals surface area contributed by atoms with Gasteiger partial charge in [-0.05, 0) is 12.1 Å². The summed E-state index contributed by atoms with van der Waals surface area (Å²) in [6.45, 7) is 4.96. The first kappa shape index (κ1) is 39.6. The quantitative estimate of drug-likeness (QED) is 0.376. The Balaban J connectivity index is 0.000000413. The maximum absolute atomic E-state index is 10.6. The Labute approximate surface area is 253 Å². The molecule has 4 rings (SSSR count). The zero-order valence-electron chi connectivity index (χ0n) is 23.4. The fourth-order valence-corrected chi connectivity index (χ4v) is 3.89. The monoisotopic (exact) mass is 683 g/mol. The summed E-state index contributed by atoms with van der Waals surface area (Å²) in [6, 6.07) is 9.77. The third-order valence-electron chi connectivity index (χ3n) is 5.90. The van der Waals surface area contributed by atoms with E-state index in [1.807, 2.05) is 24.3 Å². The second-order valence-corrected chi connectivity index (χ2v) is 9.28. The van der Waals surface area contributed by atoms with Gasteiger partial charge in [0.25, 0.3) is 0 Å². The first-order valence-corrected chi connectivity index (χ1v) is 12.3. The second kappa shape index (κ2) is 16.8. The fraction of sp³-hybridized carbons (Fsp3) is 0.480. The van der Waals surface area contributed by atoms with Crippen LogP contribution in [-0.2, 0) is 25.7 Å². The molecule has 0 spiro atoms. The Kier molecular flexibility index (Phi) is 14.5. The van der Waals surface area contributed by atoms with Crippen molar-refractivity contribution in [2.24, 2.45) is 11.3 Å². The van der Waals surface area contributed by atoms with Gasteiger partial charge in [-0.15, -0.1) is 0 Å². The van der Waals surface area contributed by atoms with E-state index in [4.69, 9.17) is 43.9 Å². The van der Waals surface area contributed by atoms with Gasteiger partial charge in [0.2, 0.25) is 11.8 Å². The summed E-state index contributed by atoms with van der Waals surface area (Å²) >= 11 is 0. The number of ether oxygens (including phenoxy) is 3. The van der Waals surface area contributed by atoms with E-state index in [1.54, 1.807) is 19.5 Å². The molecular formula is C25H26F9N3O9. The molecule has 46 heavy (non-hydrogen) atoms. The van der Waals surface area contributed by atoms with Crippen molar-refractivity contribution in [3.8, 4) is 11.8 Å². The lowest BCUT2D eigenvalue weighted by Gasteiger charge is -2.27. The summed E-state index contributed by atoms with van der Waals surface area (Å²) in [5.41, 5.74) is 1.15. The number of carbonyl (C=O) groups is 3. The lowest BCUT2D eigenvalue weighted by atomic mass is 9.82. The highest BCUT2D eigenvalue weighted by Gasteiger charge is 2.51. The number of carboxylic acids is 3. The third-order valence-corrected chi connectivity index (χ3v) is 5.90. The molecule has 258 valence electrons. The zero-order chi connectivity index (χ0) is 35.3. The summed E-state index contributed by atoms with van der Waals surface area (Å²) in [7, 11) is 1.67. The fourth-order valence-electron chi connectivity index (χ4n) is 3.89. The summed E-state index contributed by atoms with van der Waals surface area (Å²) in [5, 5.41) is 21.4. The Morgan fingerprint density at radius 2 is 1.41 bits per heavy atom. The number of hydrogen-bond acceptors (Lipinski definition) is 9. The normalized spacial score (nSPS) is 19.1. The van der Waals surface area contributed by atoms with Crippen molar-refractivity contribution in [3.05, 3.63) is 48.3 Å². The SMILES string of the molecule is COc1ncccc1CN1C[C@@H]2COC[C@]2(COc2ccccn2)C1.O=C(O)C(F)(F)F.O=C(O)C(F)(F)F.O=C(O)C(F)(F)F. The summed E-state index contributed by atoms with van der Waals surface area (Å²) in [6.07, 6.45) is -11.7. The van der Waals surface area contributed by atoms with Gasteiger partial charge >= 0.3 is 36.4 Å². The Bertz CT molecular complexity index is 1220. The number of pyridine rings is 2. The smallest absolute Gasteiger partial charge is 0.481 e. The van der Waals surface area contributed by atoms with Crippen LogP contribution in [0.1, 0.15) is 5.56 Å². The predicted octanol–water partition coefficient (Wildman–Crippen LogP) is 3.91. The average Bonchev–Trinajstić information content (AvgIpc) is 3.49. The van der Waals surface area contributed by atoms with Crippen LogP contribution < -0.4 is 9.47 Å². The van der Waals surface area contributed by atoms with Crippen LogP contribution in [0.4, 0.5) is 39.5 Å². The minimum Gasteiger partial charge on any atom is -0.481 e. The van der Waals surface area contributed by atoms with Crippen LogP contribution in [0.5, 0.6) is 11.8 Å². The summed E-state index contributed by atoms with van der Waals surface area (Å²) in [4.78, 5) is 37.7. The number of rotatable bonds is 6. The molecule has 2 aromatic heterocycles. The predicted molar refractivity (Wildman–Crippen MR) is 134 cm³/mol. The van der Waals surface area contributed by atoms with Crippen molar-refractivity contribution >= 4 is 17.9 Å².